The first-order valence-corrected chi connectivity index (χ1v) is 10.5. The Morgan fingerprint density at radius 3 is 2.46 bits per heavy atom. The zero-order valence-corrected chi connectivity index (χ0v) is 18.0. The molecular formula is C23H17F3N8O. The van der Waals surface area contributed by atoms with Crippen LogP contribution in [0.15, 0.2) is 41.2 Å². The Labute approximate surface area is 195 Å². The normalized spacial score (nSPS) is 14.0. The third-order valence-corrected chi connectivity index (χ3v) is 5.71. The molecule has 0 bridgehead atoms. The van der Waals surface area contributed by atoms with Crippen LogP contribution in [0.25, 0.3) is 16.6 Å². The van der Waals surface area contributed by atoms with Gasteiger partial charge in [-0.3, -0.25) is 9.36 Å². The van der Waals surface area contributed by atoms with E-state index >= 15 is 0 Å². The standard InChI is InChI=1S/C23H17F3N8O/c24-11-6-12(25)8-13(7-11)34-21(30-16-3-1-2-15(26)17(16)22(34)35)18(10-4-5-10)31-20-14(9-27)19(28)32-23(29)33-20/h1-3,6-8,10,18H,4-5H2,(H5,28,29,31,32,33). The summed E-state index contributed by atoms with van der Waals surface area (Å²) in [6, 6.07) is 7.68. The van der Waals surface area contributed by atoms with Crippen molar-refractivity contribution in [2.75, 3.05) is 16.8 Å². The molecule has 1 saturated carbocycles. The maximum Gasteiger partial charge on any atom is 0.269 e. The second kappa shape index (κ2) is 8.28. The van der Waals surface area contributed by atoms with E-state index in [4.69, 9.17) is 11.5 Å². The summed E-state index contributed by atoms with van der Waals surface area (Å²) in [6.45, 7) is 0. The van der Waals surface area contributed by atoms with E-state index in [1.165, 1.54) is 12.1 Å². The Morgan fingerprint density at radius 2 is 1.80 bits per heavy atom. The van der Waals surface area contributed by atoms with Gasteiger partial charge >= 0.3 is 0 Å². The largest absolute Gasteiger partial charge is 0.382 e. The molecular weight excluding hydrogens is 461 g/mol. The number of hydrogen-bond donors (Lipinski definition) is 3. The molecule has 35 heavy (non-hydrogen) atoms. The summed E-state index contributed by atoms with van der Waals surface area (Å²) < 4.78 is 43.9. The van der Waals surface area contributed by atoms with E-state index in [2.05, 4.69) is 20.3 Å². The molecule has 1 atom stereocenters. The molecule has 0 amide bonds. The van der Waals surface area contributed by atoms with Crippen LogP contribution in [-0.4, -0.2) is 19.5 Å². The molecule has 1 fully saturated rings. The van der Waals surface area contributed by atoms with Crippen molar-refractivity contribution in [2.24, 2.45) is 5.92 Å². The Bertz CT molecular complexity index is 1570. The number of aromatic nitrogens is 4. The molecule has 5 rings (SSSR count). The lowest BCUT2D eigenvalue weighted by Crippen LogP contribution is -2.30. The van der Waals surface area contributed by atoms with Crippen molar-refractivity contribution in [1.82, 2.24) is 19.5 Å². The molecule has 2 aromatic heterocycles. The maximum absolute atomic E-state index is 14.6. The molecule has 176 valence electrons. The minimum Gasteiger partial charge on any atom is -0.382 e. The van der Waals surface area contributed by atoms with Gasteiger partial charge in [0.25, 0.3) is 5.56 Å². The molecule has 5 N–H and O–H groups in total. The van der Waals surface area contributed by atoms with Gasteiger partial charge in [0.05, 0.1) is 17.2 Å². The predicted octanol–water partition coefficient (Wildman–Crippen LogP) is 3.19. The lowest BCUT2D eigenvalue weighted by Gasteiger charge is -2.24. The van der Waals surface area contributed by atoms with Crippen molar-refractivity contribution in [3.63, 3.8) is 0 Å². The van der Waals surface area contributed by atoms with Crippen molar-refractivity contribution >= 4 is 28.5 Å². The van der Waals surface area contributed by atoms with Gasteiger partial charge in [0.15, 0.2) is 5.82 Å². The number of fused-ring (bicyclic) bond motifs is 1. The average molecular weight is 478 g/mol. The summed E-state index contributed by atoms with van der Waals surface area (Å²) in [7, 11) is 0. The first-order valence-electron chi connectivity index (χ1n) is 10.5. The molecule has 0 saturated heterocycles. The summed E-state index contributed by atoms with van der Waals surface area (Å²) >= 11 is 0. The van der Waals surface area contributed by atoms with Gasteiger partial charge in [-0.15, -0.1) is 0 Å². The van der Waals surface area contributed by atoms with E-state index in [0.29, 0.717) is 6.07 Å². The number of rotatable bonds is 5. The molecule has 2 aromatic carbocycles. The van der Waals surface area contributed by atoms with Crippen molar-refractivity contribution in [2.45, 2.75) is 18.9 Å². The molecule has 12 heteroatoms. The van der Waals surface area contributed by atoms with Crippen LogP contribution in [-0.2, 0) is 0 Å². The molecule has 1 aliphatic carbocycles. The van der Waals surface area contributed by atoms with Crippen molar-refractivity contribution < 1.29 is 13.2 Å². The Morgan fingerprint density at radius 1 is 1.09 bits per heavy atom. The number of anilines is 3. The maximum atomic E-state index is 14.6. The minimum absolute atomic E-state index is 0.0139. The third kappa shape index (κ3) is 3.97. The lowest BCUT2D eigenvalue weighted by molar-refractivity contribution is 0.574. The van der Waals surface area contributed by atoms with Crippen LogP contribution in [0.4, 0.5) is 30.8 Å². The van der Waals surface area contributed by atoms with Gasteiger partial charge in [-0.2, -0.15) is 15.2 Å². The highest BCUT2D eigenvalue weighted by atomic mass is 19.1. The van der Waals surface area contributed by atoms with Gasteiger partial charge in [-0.1, -0.05) is 6.07 Å². The smallest absolute Gasteiger partial charge is 0.269 e. The second-order valence-electron chi connectivity index (χ2n) is 8.13. The zero-order chi connectivity index (χ0) is 24.9. The van der Waals surface area contributed by atoms with Gasteiger partial charge < -0.3 is 16.8 Å². The van der Waals surface area contributed by atoms with Crippen LogP contribution in [0, 0.1) is 34.7 Å². The number of nitriles is 1. The number of nitrogens with zero attached hydrogens (tertiary/aromatic N) is 5. The van der Waals surface area contributed by atoms with Gasteiger partial charge in [0, 0.05) is 6.07 Å². The summed E-state index contributed by atoms with van der Waals surface area (Å²) in [6.07, 6.45) is 1.45. The third-order valence-electron chi connectivity index (χ3n) is 5.71. The van der Waals surface area contributed by atoms with Crippen LogP contribution in [0.2, 0.25) is 0 Å². The molecule has 0 aliphatic heterocycles. The van der Waals surface area contributed by atoms with E-state index < -0.39 is 29.1 Å². The molecule has 1 unspecified atom stereocenters. The number of benzene rings is 2. The van der Waals surface area contributed by atoms with Crippen molar-refractivity contribution in [1.29, 1.82) is 5.26 Å². The SMILES string of the molecule is N#Cc1c(N)nc(N)nc1NC(c1nc2cccc(F)c2c(=O)n1-c1cc(F)cc(F)c1)C1CC1. The van der Waals surface area contributed by atoms with Crippen LogP contribution in [0.5, 0.6) is 0 Å². The first-order chi connectivity index (χ1) is 16.8. The van der Waals surface area contributed by atoms with E-state index in [1.807, 2.05) is 6.07 Å². The molecule has 0 spiro atoms. The first kappa shape index (κ1) is 22.1. The van der Waals surface area contributed by atoms with E-state index in [1.54, 1.807) is 0 Å². The van der Waals surface area contributed by atoms with Crippen molar-refractivity contribution in [3.8, 4) is 11.8 Å². The number of halogens is 3. The fourth-order valence-corrected chi connectivity index (χ4v) is 4.01. The number of nitrogen functional groups attached to an aromatic ring is 2. The van der Waals surface area contributed by atoms with Gasteiger partial charge in [0.2, 0.25) is 5.95 Å². The lowest BCUT2D eigenvalue weighted by atomic mass is 10.1. The summed E-state index contributed by atoms with van der Waals surface area (Å²) in [5, 5.41) is 12.3. The van der Waals surface area contributed by atoms with Crippen LogP contribution in [0.1, 0.15) is 30.3 Å². The average Bonchev–Trinajstić information content (AvgIpc) is 3.61. The summed E-state index contributed by atoms with van der Waals surface area (Å²) in [5.41, 5.74) is 10.5. The fourth-order valence-electron chi connectivity index (χ4n) is 4.01. The molecule has 0 radical (unpaired) electrons. The fraction of sp³-hybridized carbons (Fsp3) is 0.174. The number of nitrogens with one attached hydrogen (secondary N) is 1. The predicted molar refractivity (Wildman–Crippen MR) is 122 cm³/mol. The van der Waals surface area contributed by atoms with Crippen LogP contribution >= 0.6 is 0 Å². The highest BCUT2D eigenvalue weighted by Crippen LogP contribution is 2.43. The minimum atomic E-state index is -0.925. The molecule has 2 heterocycles. The molecule has 1 aliphatic rings. The highest BCUT2D eigenvalue weighted by molar-refractivity contribution is 5.79. The Balaban J connectivity index is 1.79. The van der Waals surface area contributed by atoms with Gasteiger partial charge in [-0.25, -0.2) is 18.2 Å². The molecule has 4 aromatic rings. The Hall–Kier alpha value is -4.66. The highest BCUT2D eigenvalue weighted by Gasteiger charge is 2.37. The zero-order valence-electron chi connectivity index (χ0n) is 18.0. The second-order valence-corrected chi connectivity index (χ2v) is 8.13. The van der Waals surface area contributed by atoms with E-state index in [9.17, 15) is 23.2 Å². The monoisotopic (exact) mass is 478 g/mol. The Kier molecular flexibility index (Phi) is 5.24. The van der Waals surface area contributed by atoms with Crippen LogP contribution in [0.3, 0.4) is 0 Å². The van der Waals surface area contributed by atoms with Crippen molar-refractivity contribution in [3.05, 3.63) is 75.6 Å². The van der Waals surface area contributed by atoms with Gasteiger partial charge in [0.1, 0.15) is 46.1 Å². The van der Waals surface area contributed by atoms with E-state index in [-0.39, 0.29) is 51.5 Å². The topological polar surface area (TPSA) is 149 Å². The van der Waals surface area contributed by atoms with E-state index in [0.717, 1.165) is 35.6 Å². The summed E-state index contributed by atoms with van der Waals surface area (Å²) in [4.78, 5) is 25.9. The summed E-state index contributed by atoms with van der Waals surface area (Å²) in [5.74, 6) is -3.01. The van der Waals surface area contributed by atoms with Gasteiger partial charge in [-0.05, 0) is 43.0 Å². The number of hydrogen-bond acceptors (Lipinski definition) is 8. The quantitative estimate of drug-likeness (QED) is 0.396. The number of nitrogens with two attached hydrogens (primary N) is 2. The van der Waals surface area contributed by atoms with Crippen LogP contribution < -0.4 is 22.3 Å². The molecule has 9 nitrogen and oxygen atoms in total.